The number of benzene rings is 1. The van der Waals surface area contributed by atoms with Crippen LogP contribution in [0.3, 0.4) is 0 Å². The van der Waals surface area contributed by atoms with Crippen molar-refractivity contribution in [2.75, 3.05) is 5.32 Å². The van der Waals surface area contributed by atoms with E-state index in [1.165, 1.54) is 18.2 Å². The molecule has 1 N–H and O–H groups in total. The molecule has 0 bridgehead atoms. The zero-order valence-electron chi connectivity index (χ0n) is 9.25. The Hall–Kier alpha value is -1.75. The Morgan fingerprint density at radius 3 is 2.50 bits per heavy atom. The number of hydrogen-bond acceptors (Lipinski definition) is 2. The second kappa shape index (κ2) is 5.27. The van der Waals surface area contributed by atoms with E-state index in [0.29, 0.717) is 15.9 Å². The van der Waals surface area contributed by atoms with Crippen molar-refractivity contribution in [3.05, 3.63) is 64.9 Å². The molecule has 2 aromatic rings. The maximum Gasteiger partial charge on any atom is 0.149 e. The van der Waals surface area contributed by atoms with E-state index in [1.807, 2.05) is 0 Å². The quantitative estimate of drug-likeness (QED) is 0.859. The van der Waals surface area contributed by atoms with Gasteiger partial charge >= 0.3 is 0 Å². The van der Waals surface area contributed by atoms with Crippen molar-refractivity contribution >= 4 is 27.3 Å². The number of rotatable bonds is 3. The van der Waals surface area contributed by atoms with E-state index >= 15 is 0 Å². The van der Waals surface area contributed by atoms with Crippen LogP contribution in [0.5, 0.6) is 0 Å². The van der Waals surface area contributed by atoms with Gasteiger partial charge in [0.25, 0.3) is 0 Å². The van der Waals surface area contributed by atoms with Gasteiger partial charge in [-0.15, -0.1) is 0 Å². The molecule has 1 heterocycles. The Bertz CT molecular complexity index is 579. The summed E-state index contributed by atoms with van der Waals surface area (Å²) in [6.07, 6.45) is 1.57. The second-order valence-electron chi connectivity index (χ2n) is 3.57. The number of hydrogen-bond donors (Lipinski definition) is 1. The van der Waals surface area contributed by atoms with Crippen molar-refractivity contribution in [3.8, 4) is 0 Å². The van der Waals surface area contributed by atoms with Crippen molar-refractivity contribution in [1.29, 1.82) is 0 Å². The zero-order valence-corrected chi connectivity index (χ0v) is 10.8. The molecule has 0 amide bonds. The summed E-state index contributed by atoms with van der Waals surface area (Å²) in [5.74, 6) is -1.33. The lowest BCUT2D eigenvalue weighted by molar-refractivity contribution is 0.591. The van der Waals surface area contributed by atoms with Crippen LogP contribution in [0.4, 0.5) is 14.5 Å². The summed E-state index contributed by atoms with van der Waals surface area (Å²) in [5, 5.41) is 2.63. The van der Waals surface area contributed by atoms with Crippen molar-refractivity contribution < 1.29 is 8.78 Å². The van der Waals surface area contributed by atoms with E-state index in [4.69, 9.17) is 0 Å². The third-order valence-electron chi connectivity index (χ3n) is 2.31. The van der Waals surface area contributed by atoms with Gasteiger partial charge in [0, 0.05) is 17.5 Å². The predicted molar refractivity (Wildman–Crippen MR) is 71.0 cm³/mol. The summed E-state index contributed by atoms with van der Waals surface area (Å²) in [6.45, 7) is 3.75. The van der Waals surface area contributed by atoms with Gasteiger partial charge in [-0.25, -0.2) is 13.8 Å². The molecule has 2 nitrogen and oxygen atoms in total. The van der Waals surface area contributed by atoms with E-state index < -0.39 is 11.6 Å². The molecule has 5 heteroatoms. The van der Waals surface area contributed by atoms with Gasteiger partial charge < -0.3 is 5.32 Å². The molecule has 0 aliphatic heterocycles. The number of para-hydroxylation sites is 1. The van der Waals surface area contributed by atoms with Crippen molar-refractivity contribution in [1.82, 2.24) is 4.98 Å². The van der Waals surface area contributed by atoms with Crippen molar-refractivity contribution in [2.45, 2.75) is 0 Å². The Morgan fingerprint density at radius 2 is 1.89 bits per heavy atom. The lowest BCUT2D eigenvalue weighted by Gasteiger charge is -2.11. The highest BCUT2D eigenvalue weighted by Gasteiger charge is 2.09. The standard InChI is InChI=1S/C13H9BrF2N2/c1-8(9-5-6-17-12(14)7-9)18-13-10(15)3-2-4-11(13)16/h2-7,18H,1H2. The van der Waals surface area contributed by atoms with Gasteiger partial charge in [-0.05, 0) is 40.2 Å². The first-order valence-corrected chi connectivity index (χ1v) is 5.89. The number of aromatic nitrogens is 1. The van der Waals surface area contributed by atoms with Gasteiger partial charge in [0.2, 0.25) is 0 Å². The lowest BCUT2D eigenvalue weighted by atomic mass is 10.2. The molecule has 0 spiro atoms. The molecule has 1 aromatic carbocycles. The summed E-state index contributed by atoms with van der Waals surface area (Å²) in [4.78, 5) is 3.96. The van der Waals surface area contributed by atoms with E-state index in [2.05, 4.69) is 32.8 Å². The van der Waals surface area contributed by atoms with Gasteiger partial charge in [-0.1, -0.05) is 12.6 Å². The fourth-order valence-corrected chi connectivity index (χ4v) is 1.80. The summed E-state index contributed by atoms with van der Waals surface area (Å²) in [5.41, 5.74) is 0.872. The molecule has 0 saturated heterocycles. The molecule has 18 heavy (non-hydrogen) atoms. The number of nitrogens with zero attached hydrogens (tertiary/aromatic N) is 1. The molecule has 0 aliphatic carbocycles. The van der Waals surface area contributed by atoms with Gasteiger partial charge in [0.1, 0.15) is 21.9 Å². The lowest BCUT2D eigenvalue weighted by Crippen LogP contribution is -2.02. The Labute approximate surface area is 111 Å². The first-order valence-electron chi connectivity index (χ1n) is 5.10. The first-order chi connectivity index (χ1) is 8.58. The average Bonchev–Trinajstić information content (AvgIpc) is 2.34. The van der Waals surface area contributed by atoms with E-state index in [9.17, 15) is 8.78 Å². The molecule has 2 rings (SSSR count). The fraction of sp³-hybridized carbons (Fsp3) is 0. The molecule has 0 saturated carbocycles. The van der Waals surface area contributed by atoms with Gasteiger partial charge in [-0.3, -0.25) is 0 Å². The number of nitrogens with one attached hydrogen (secondary N) is 1. The molecule has 0 radical (unpaired) electrons. The van der Waals surface area contributed by atoms with Crippen LogP contribution in [-0.4, -0.2) is 4.98 Å². The minimum absolute atomic E-state index is 0.213. The zero-order chi connectivity index (χ0) is 13.1. The summed E-state index contributed by atoms with van der Waals surface area (Å²) >= 11 is 3.22. The average molecular weight is 311 g/mol. The van der Waals surface area contributed by atoms with Crippen LogP contribution in [0.2, 0.25) is 0 Å². The molecule has 0 unspecified atom stereocenters. The van der Waals surface area contributed by atoms with Gasteiger partial charge in [-0.2, -0.15) is 0 Å². The predicted octanol–water partition coefficient (Wildman–Crippen LogP) is 4.21. The number of anilines is 1. The number of halogens is 3. The highest BCUT2D eigenvalue weighted by Crippen LogP contribution is 2.23. The SMILES string of the molecule is C=C(Nc1c(F)cccc1F)c1ccnc(Br)c1. The van der Waals surface area contributed by atoms with Gasteiger partial charge in [0.05, 0.1) is 0 Å². The molecular weight excluding hydrogens is 302 g/mol. The van der Waals surface area contributed by atoms with Crippen LogP contribution in [0.1, 0.15) is 5.56 Å². The van der Waals surface area contributed by atoms with Crippen LogP contribution < -0.4 is 5.32 Å². The topological polar surface area (TPSA) is 24.9 Å². The van der Waals surface area contributed by atoms with Crippen LogP contribution in [-0.2, 0) is 0 Å². The summed E-state index contributed by atoms with van der Waals surface area (Å²) in [7, 11) is 0. The molecule has 1 aromatic heterocycles. The van der Waals surface area contributed by atoms with Crippen LogP contribution in [0, 0.1) is 11.6 Å². The molecule has 0 fully saturated rings. The third kappa shape index (κ3) is 2.73. The Morgan fingerprint density at radius 1 is 1.22 bits per heavy atom. The minimum atomic E-state index is -0.663. The molecular formula is C13H9BrF2N2. The Kier molecular flexibility index (Phi) is 3.72. The fourth-order valence-electron chi connectivity index (χ4n) is 1.43. The van der Waals surface area contributed by atoms with E-state index in [0.717, 1.165) is 0 Å². The second-order valence-corrected chi connectivity index (χ2v) is 4.38. The maximum absolute atomic E-state index is 13.4. The van der Waals surface area contributed by atoms with E-state index in [1.54, 1.807) is 18.3 Å². The van der Waals surface area contributed by atoms with Crippen molar-refractivity contribution in [2.24, 2.45) is 0 Å². The normalized spacial score (nSPS) is 10.2. The third-order valence-corrected chi connectivity index (χ3v) is 2.75. The molecule has 92 valence electrons. The molecule has 0 aliphatic rings. The van der Waals surface area contributed by atoms with Crippen LogP contribution in [0.25, 0.3) is 5.70 Å². The van der Waals surface area contributed by atoms with Crippen molar-refractivity contribution in [3.63, 3.8) is 0 Å². The van der Waals surface area contributed by atoms with Crippen LogP contribution in [0.15, 0.2) is 47.7 Å². The smallest absolute Gasteiger partial charge is 0.149 e. The van der Waals surface area contributed by atoms with Crippen LogP contribution >= 0.6 is 15.9 Å². The largest absolute Gasteiger partial charge is 0.351 e. The first kappa shape index (κ1) is 12.7. The minimum Gasteiger partial charge on any atom is -0.351 e. The number of pyridine rings is 1. The highest BCUT2D eigenvalue weighted by molar-refractivity contribution is 9.10. The van der Waals surface area contributed by atoms with E-state index in [-0.39, 0.29) is 5.69 Å². The monoisotopic (exact) mass is 310 g/mol. The Balaban J connectivity index is 2.27. The summed E-state index contributed by atoms with van der Waals surface area (Å²) < 4.78 is 27.5. The molecule has 0 atom stereocenters. The summed E-state index contributed by atoms with van der Waals surface area (Å²) in [6, 6.07) is 7.07. The highest BCUT2D eigenvalue weighted by atomic mass is 79.9. The van der Waals surface area contributed by atoms with Gasteiger partial charge in [0.15, 0.2) is 0 Å². The maximum atomic E-state index is 13.4.